The number of benzene rings is 1. The summed E-state index contributed by atoms with van der Waals surface area (Å²) >= 11 is 0. The van der Waals surface area contributed by atoms with Crippen molar-refractivity contribution in [1.82, 2.24) is 15.4 Å². The minimum Gasteiger partial charge on any atom is -0.358 e. The molecule has 1 heterocycles. The lowest BCUT2D eigenvalue weighted by atomic mass is 10.0. The Morgan fingerprint density at radius 1 is 1.42 bits per heavy atom. The van der Waals surface area contributed by atoms with E-state index < -0.39 is 10.0 Å². The first-order chi connectivity index (χ1) is 9.04. The van der Waals surface area contributed by atoms with Gasteiger partial charge in [0, 0.05) is 13.6 Å². The van der Waals surface area contributed by atoms with Gasteiger partial charge in [-0.3, -0.25) is 4.79 Å². The standard InChI is InChI=1S/C12H17N3O3S/c1-13-12(16)8-15-19(17,18)11-4-2-3-9-7-14-6-5-10(9)11/h2-4,14-15H,5-8H2,1H3,(H,13,16). The Morgan fingerprint density at radius 2 is 2.21 bits per heavy atom. The Morgan fingerprint density at radius 3 is 2.95 bits per heavy atom. The molecule has 1 amide bonds. The lowest BCUT2D eigenvalue weighted by Gasteiger charge is -2.20. The number of carbonyl (C=O) groups excluding carboxylic acids is 1. The van der Waals surface area contributed by atoms with Crippen molar-refractivity contribution >= 4 is 15.9 Å². The van der Waals surface area contributed by atoms with Gasteiger partial charge in [-0.25, -0.2) is 13.1 Å². The number of likely N-dealkylation sites (N-methyl/N-ethyl adjacent to an activating group) is 1. The molecule has 0 aromatic heterocycles. The zero-order valence-electron chi connectivity index (χ0n) is 10.7. The van der Waals surface area contributed by atoms with Crippen LogP contribution < -0.4 is 15.4 Å². The number of sulfonamides is 1. The SMILES string of the molecule is CNC(=O)CNS(=O)(=O)c1cccc2c1CCNC2. The molecule has 19 heavy (non-hydrogen) atoms. The molecule has 0 saturated heterocycles. The second-order valence-corrected chi connectivity index (χ2v) is 6.05. The van der Waals surface area contributed by atoms with Gasteiger partial charge in [0.2, 0.25) is 15.9 Å². The van der Waals surface area contributed by atoms with Crippen LogP contribution in [0.1, 0.15) is 11.1 Å². The van der Waals surface area contributed by atoms with Crippen LogP contribution in [0.2, 0.25) is 0 Å². The van der Waals surface area contributed by atoms with Crippen LogP contribution in [0.5, 0.6) is 0 Å². The lowest BCUT2D eigenvalue weighted by molar-refractivity contribution is -0.119. The predicted molar refractivity (Wildman–Crippen MR) is 71.1 cm³/mol. The van der Waals surface area contributed by atoms with Gasteiger partial charge in [0.05, 0.1) is 11.4 Å². The molecule has 2 rings (SSSR count). The largest absolute Gasteiger partial charge is 0.358 e. The maximum absolute atomic E-state index is 12.2. The highest BCUT2D eigenvalue weighted by Gasteiger charge is 2.22. The highest BCUT2D eigenvalue weighted by Crippen LogP contribution is 2.22. The van der Waals surface area contributed by atoms with E-state index in [2.05, 4.69) is 15.4 Å². The van der Waals surface area contributed by atoms with E-state index in [4.69, 9.17) is 0 Å². The Labute approximate surface area is 112 Å². The minimum absolute atomic E-state index is 0.249. The molecule has 7 heteroatoms. The van der Waals surface area contributed by atoms with Gasteiger partial charge in [-0.1, -0.05) is 12.1 Å². The van der Waals surface area contributed by atoms with Crippen molar-refractivity contribution in [2.45, 2.75) is 17.9 Å². The fourth-order valence-corrected chi connectivity index (χ4v) is 3.37. The summed E-state index contributed by atoms with van der Waals surface area (Å²) in [6.45, 7) is 1.18. The molecule has 0 saturated carbocycles. The molecule has 1 aromatic carbocycles. The number of hydrogen-bond donors (Lipinski definition) is 3. The first-order valence-corrected chi connectivity index (χ1v) is 7.54. The van der Waals surface area contributed by atoms with Crippen molar-refractivity contribution in [2.24, 2.45) is 0 Å². The van der Waals surface area contributed by atoms with E-state index >= 15 is 0 Å². The summed E-state index contributed by atoms with van der Waals surface area (Å²) in [6, 6.07) is 5.22. The van der Waals surface area contributed by atoms with Gasteiger partial charge in [0.25, 0.3) is 0 Å². The molecule has 1 aromatic rings. The molecule has 0 bridgehead atoms. The van der Waals surface area contributed by atoms with Gasteiger partial charge in [0.1, 0.15) is 0 Å². The van der Waals surface area contributed by atoms with Crippen LogP contribution in [0.3, 0.4) is 0 Å². The fourth-order valence-electron chi connectivity index (χ4n) is 2.08. The van der Waals surface area contributed by atoms with Gasteiger partial charge in [-0.2, -0.15) is 0 Å². The zero-order chi connectivity index (χ0) is 13.9. The third kappa shape index (κ3) is 3.12. The van der Waals surface area contributed by atoms with E-state index in [-0.39, 0.29) is 17.3 Å². The second kappa shape index (κ2) is 5.68. The van der Waals surface area contributed by atoms with Gasteiger partial charge < -0.3 is 10.6 Å². The number of amides is 1. The molecule has 1 aliphatic heterocycles. The fraction of sp³-hybridized carbons (Fsp3) is 0.417. The van der Waals surface area contributed by atoms with Gasteiger partial charge in [-0.05, 0) is 30.2 Å². The van der Waals surface area contributed by atoms with Crippen molar-refractivity contribution in [3.05, 3.63) is 29.3 Å². The normalized spacial score (nSPS) is 14.8. The third-order valence-electron chi connectivity index (χ3n) is 3.09. The van der Waals surface area contributed by atoms with Crippen molar-refractivity contribution in [3.8, 4) is 0 Å². The maximum Gasteiger partial charge on any atom is 0.241 e. The summed E-state index contributed by atoms with van der Waals surface area (Å²) in [5, 5.41) is 5.58. The molecule has 0 aliphatic carbocycles. The zero-order valence-corrected chi connectivity index (χ0v) is 11.5. The highest BCUT2D eigenvalue weighted by molar-refractivity contribution is 7.89. The molecule has 0 fully saturated rings. The first-order valence-electron chi connectivity index (χ1n) is 6.06. The molecule has 104 valence electrons. The maximum atomic E-state index is 12.2. The van der Waals surface area contributed by atoms with Crippen LogP contribution in [0.4, 0.5) is 0 Å². The van der Waals surface area contributed by atoms with E-state index in [0.717, 1.165) is 17.7 Å². The number of nitrogens with one attached hydrogen (secondary N) is 3. The summed E-state index contributed by atoms with van der Waals surface area (Å²) in [7, 11) is -2.18. The number of rotatable bonds is 4. The van der Waals surface area contributed by atoms with Crippen LogP contribution in [0, 0.1) is 0 Å². The molecule has 6 nitrogen and oxygen atoms in total. The molecule has 0 atom stereocenters. The number of fused-ring (bicyclic) bond motifs is 1. The molecular weight excluding hydrogens is 266 g/mol. The summed E-state index contributed by atoms with van der Waals surface area (Å²) in [6.07, 6.45) is 0.673. The summed E-state index contributed by atoms with van der Waals surface area (Å²) < 4.78 is 26.7. The average molecular weight is 283 g/mol. The molecule has 0 unspecified atom stereocenters. The van der Waals surface area contributed by atoms with E-state index in [1.54, 1.807) is 12.1 Å². The number of carbonyl (C=O) groups is 1. The summed E-state index contributed by atoms with van der Waals surface area (Å²) in [5.41, 5.74) is 1.83. The van der Waals surface area contributed by atoms with E-state index in [9.17, 15) is 13.2 Å². The Kier molecular flexibility index (Phi) is 4.18. The summed E-state index contributed by atoms with van der Waals surface area (Å²) in [4.78, 5) is 11.4. The van der Waals surface area contributed by atoms with Gasteiger partial charge >= 0.3 is 0 Å². The first kappa shape index (κ1) is 14.0. The molecule has 1 aliphatic rings. The predicted octanol–water partition coefficient (Wildman–Crippen LogP) is -0.643. The Bertz CT molecular complexity index is 584. The third-order valence-corrected chi connectivity index (χ3v) is 4.57. The van der Waals surface area contributed by atoms with E-state index in [1.807, 2.05) is 6.07 Å². The van der Waals surface area contributed by atoms with Crippen molar-refractivity contribution in [1.29, 1.82) is 0 Å². The van der Waals surface area contributed by atoms with E-state index in [0.29, 0.717) is 13.0 Å². The van der Waals surface area contributed by atoms with Crippen LogP contribution in [-0.2, 0) is 27.8 Å². The smallest absolute Gasteiger partial charge is 0.241 e. The summed E-state index contributed by atoms with van der Waals surface area (Å²) in [5.74, 6) is -0.366. The Balaban J connectivity index is 2.28. The van der Waals surface area contributed by atoms with Crippen molar-refractivity contribution in [3.63, 3.8) is 0 Å². The second-order valence-electron chi connectivity index (χ2n) is 4.32. The van der Waals surface area contributed by atoms with Crippen LogP contribution in [-0.4, -0.2) is 34.5 Å². The topological polar surface area (TPSA) is 87.3 Å². The lowest BCUT2D eigenvalue weighted by Crippen LogP contribution is -2.36. The highest BCUT2D eigenvalue weighted by atomic mass is 32.2. The monoisotopic (exact) mass is 283 g/mol. The van der Waals surface area contributed by atoms with Crippen LogP contribution >= 0.6 is 0 Å². The quantitative estimate of drug-likeness (QED) is 0.686. The molecule has 3 N–H and O–H groups in total. The average Bonchev–Trinajstić information content (AvgIpc) is 2.44. The van der Waals surface area contributed by atoms with Gasteiger partial charge in [0.15, 0.2) is 0 Å². The number of hydrogen-bond acceptors (Lipinski definition) is 4. The van der Waals surface area contributed by atoms with E-state index in [1.165, 1.54) is 7.05 Å². The van der Waals surface area contributed by atoms with Crippen molar-refractivity contribution < 1.29 is 13.2 Å². The molecule has 0 spiro atoms. The van der Waals surface area contributed by atoms with Crippen LogP contribution in [0.25, 0.3) is 0 Å². The Hall–Kier alpha value is -1.44. The minimum atomic E-state index is -3.65. The van der Waals surface area contributed by atoms with Crippen LogP contribution in [0.15, 0.2) is 23.1 Å². The molecule has 0 radical (unpaired) electrons. The van der Waals surface area contributed by atoms with Gasteiger partial charge in [-0.15, -0.1) is 0 Å². The van der Waals surface area contributed by atoms with Crippen molar-refractivity contribution in [2.75, 3.05) is 20.1 Å². The molecular formula is C12H17N3O3S.